The Morgan fingerprint density at radius 3 is 2.64 bits per heavy atom. The number of aromatic nitrogens is 2. The number of hydrogen-bond donors (Lipinski definition) is 1. The molecule has 0 unspecified atom stereocenters. The third-order valence-corrected chi connectivity index (χ3v) is 4.95. The molecule has 0 aromatic carbocycles. The summed E-state index contributed by atoms with van der Waals surface area (Å²) >= 11 is 0. The van der Waals surface area contributed by atoms with Crippen molar-refractivity contribution < 1.29 is 4.79 Å². The number of likely N-dealkylation sites (N-methyl/N-ethyl adjacent to an activating group) is 1. The molecule has 1 fully saturated rings. The van der Waals surface area contributed by atoms with Gasteiger partial charge in [0.1, 0.15) is 0 Å². The molecule has 0 bridgehead atoms. The van der Waals surface area contributed by atoms with Gasteiger partial charge in [-0.3, -0.25) is 9.89 Å². The smallest absolute Gasteiger partial charge is 0.222 e. The van der Waals surface area contributed by atoms with E-state index in [0.717, 1.165) is 30.9 Å². The van der Waals surface area contributed by atoms with Crippen LogP contribution in [-0.2, 0) is 11.2 Å². The van der Waals surface area contributed by atoms with Gasteiger partial charge in [-0.05, 0) is 52.3 Å². The van der Waals surface area contributed by atoms with E-state index in [-0.39, 0.29) is 5.91 Å². The van der Waals surface area contributed by atoms with Crippen molar-refractivity contribution in [1.29, 1.82) is 0 Å². The molecule has 0 radical (unpaired) electrons. The lowest BCUT2D eigenvalue weighted by Gasteiger charge is -2.24. The highest BCUT2D eigenvalue weighted by Crippen LogP contribution is 2.25. The van der Waals surface area contributed by atoms with E-state index in [1.54, 1.807) is 0 Å². The second-order valence-electron chi connectivity index (χ2n) is 6.79. The summed E-state index contributed by atoms with van der Waals surface area (Å²) in [6, 6.07) is 0.501. The van der Waals surface area contributed by atoms with Gasteiger partial charge in [-0.15, -0.1) is 0 Å². The Morgan fingerprint density at radius 1 is 1.36 bits per heavy atom. The molecule has 1 aromatic heterocycles. The van der Waals surface area contributed by atoms with Crippen LogP contribution in [-0.4, -0.2) is 59.1 Å². The third kappa shape index (κ3) is 3.69. The number of hydrogen-bond acceptors (Lipinski definition) is 3. The number of rotatable bonds is 6. The first-order valence-corrected chi connectivity index (χ1v) is 8.38. The largest absolute Gasteiger partial charge is 0.341 e. The van der Waals surface area contributed by atoms with Crippen molar-refractivity contribution in [2.75, 3.05) is 27.2 Å². The fourth-order valence-corrected chi connectivity index (χ4v) is 3.63. The summed E-state index contributed by atoms with van der Waals surface area (Å²) in [5.74, 6) is 0.895. The molecule has 5 heteroatoms. The first-order chi connectivity index (χ1) is 10.4. The van der Waals surface area contributed by atoms with E-state index in [2.05, 4.69) is 41.0 Å². The van der Waals surface area contributed by atoms with Crippen LogP contribution in [0.15, 0.2) is 0 Å². The van der Waals surface area contributed by atoms with Crippen LogP contribution in [0.5, 0.6) is 0 Å². The van der Waals surface area contributed by atoms with Crippen molar-refractivity contribution in [3.63, 3.8) is 0 Å². The minimum Gasteiger partial charge on any atom is -0.341 e. The van der Waals surface area contributed by atoms with Gasteiger partial charge >= 0.3 is 0 Å². The molecule has 22 heavy (non-hydrogen) atoms. The fourth-order valence-electron chi connectivity index (χ4n) is 3.63. The summed E-state index contributed by atoms with van der Waals surface area (Å²) in [6.07, 6.45) is 3.76. The Kier molecular flexibility index (Phi) is 5.62. The molecule has 1 amide bonds. The lowest BCUT2D eigenvalue weighted by atomic mass is 9.98. The van der Waals surface area contributed by atoms with Crippen molar-refractivity contribution >= 4 is 5.91 Å². The highest BCUT2D eigenvalue weighted by molar-refractivity contribution is 5.77. The Bertz CT molecular complexity index is 489. The van der Waals surface area contributed by atoms with Gasteiger partial charge in [-0.2, -0.15) is 5.10 Å². The predicted octanol–water partition coefficient (Wildman–Crippen LogP) is 2.15. The van der Waals surface area contributed by atoms with E-state index in [4.69, 9.17) is 0 Å². The molecule has 5 nitrogen and oxygen atoms in total. The zero-order valence-electron chi connectivity index (χ0n) is 14.6. The van der Waals surface area contributed by atoms with Crippen LogP contribution in [0.25, 0.3) is 0 Å². The van der Waals surface area contributed by atoms with Crippen LogP contribution >= 0.6 is 0 Å². The number of amides is 1. The van der Waals surface area contributed by atoms with E-state index in [9.17, 15) is 4.79 Å². The van der Waals surface area contributed by atoms with Crippen molar-refractivity contribution in [3.8, 4) is 0 Å². The fraction of sp³-hybridized carbons (Fsp3) is 0.765. The zero-order valence-corrected chi connectivity index (χ0v) is 14.6. The van der Waals surface area contributed by atoms with Gasteiger partial charge in [0, 0.05) is 31.2 Å². The third-order valence-electron chi connectivity index (χ3n) is 4.95. The van der Waals surface area contributed by atoms with Crippen LogP contribution in [0.2, 0.25) is 0 Å². The number of nitrogens with zero attached hydrogens (tertiary/aromatic N) is 3. The van der Waals surface area contributed by atoms with Crippen LogP contribution in [0.1, 0.15) is 43.1 Å². The summed E-state index contributed by atoms with van der Waals surface area (Å²) in [6.45, 7) is 8.04. The lowest BCUT2D eigenvalue weighted by molar-refractivity contribution is -0.130. The molecule has 1 aliphatic rings. The van der Waals surface area contributed by atoms with Crippen molar-refractivity contribution in [1.82, 2.24) is 20.0 Å². The first kappa shape index (κ1) is 17.0. The van der Waals surface area contributed by atoms with Crippen LogP contribution in [0.4, 0.5) is 0 Å². The van der Waals surface area contributed by atoms with Crippen LogP contribution < -0.4 is 0 Å². The van der Waals surface area contributed by atoms with Gasteiger partial charge in [0.05, 0.1) is 5.69 Å². The molecule has 1 saturated heterocycles. The Balaban J connectivity index is 1.93. The van der Waals surface area contributed by atoms with Gasteiger partial charge in [0.25, 0.3) is 0 Å². The Morgan fingerprint density at radius 2 is 2.09 bits per heavy atom. The summed E-state index contributed by atoms with van der Waals surface area (Å²) in [7, 11) is 4.25. The van der Waals surface area contributed by atoms with Crippen LogP contribution in [0.3, 0.4) is 0 Å². The van der Waals surface area contributed by atoms with Crippen molar-refractivity contribution in [3.05, 3.63) is 17.0 Å². The minimum atomic E-state index is 0.283. The normalized spacial score (nSPS) is 21.8. The number of carbonyl (C=O) groups excluding carboxylic acids is 1. The molecule has 1 aliphatic heterocycles. The van der Waals surface area contributed by atoms with E-state index in [0.29, 0.717) is 18.4 Å². The van der Waals surface area contributed by atoms with Crippen molar-refractivity contribution in [2.24, 2.45) is 5.92 Å². The topological polar surface area (TPSA) is 52.2 Å². The average Bonchev–Trinajstić information content (AvgIpc) is 3.02. The second-order valence-corrected chi connectivity index (χ2v) is 6.79. The molecular formula is C17H30N4O. The maximum atomic E-state index is 12.6. The second kappa shape index (κ2) is 7.27. The highest BCUT2D eigenvalue weighted by Gasteiger charge is 2.35. The van der Waals surface area contributed by atoms with Gasteiger partial charge < -0.3 is 9.80 Å². The summed E-state index contributed by atoms with van der Waals surface area (Å²) in [5, 5.41) is 7.20. The average molecular weight is 306 g/mol. The summed E-state index contributed by atoms with van der Waals surface area (Å²) in [4.78, 5) is 16.9. The highest BCUT2D eigenvalue weighted by atomic mass is 16.2. The maximum absolute atomic E-state index is 12.6. The molecule has 2 atom stereocenters. The molecule has 2 rings (SSSR count). The molecule has 0 spiro atoms. The lowest BCUT2D eigenvalue weighted by Crippen LogP contribution is -2.36. The minimum absolute atomic E-state index is 0.283. The molecule has 2 heterocycles. The Labute approximate surface area is 134 Å². The van der Waals surface area contributed by atoms with Gasteiger partial charge in [-0.25, -0.2) is 0 Å². The first-order valence-electron chi connectivity index (χ1n) is 8.38. The van der Waals surface area contributed by atoms with E-state index >= 15 is 0 Å². The SMILES string of the molecule is CCC[C@@H]1CN(C(=O)CCc2c(C)n[nH]c2C)C[C@H]1N(C)C. The van der Waals surface area contributed by atoms with Crippen LogP contribution in [0, 0.1) is 19.8 Å². The number of carbonyl (C=O) groups is 1. The molecule has 124 valence electrons. The molecule has 1 aromatic rings. The van der Waals surface area contributed by atoms with Crippen molar-refractivity contribution in [2.45, 2.75) is 52.5 Å². The van der Waals surface area contributed by atoms with Gasteiger partial charge in [0.15, 0.2) is 0 Å². The monoisotopic (exact) mass is 306 g/mol. The Hall–Kier alpha value is -1.36. The van der Waals surface area contributed by atoms with Gasteiger partial charge in [-0.1, -0.05) is 13.3 Å². The van der Waals surface area contributed by atoms with E-state index in [1.807, 2.05) is 13.8 Å². The summed E-state index contributed by atoms with van der Waals surface area (Å²) < 4.78 is 0. The predicted molar refractivity (Wildman–Crippen MR) is 88.8 cm³/mol. The van der Waals surface area contributed by atoms with E-state index < -0.39 is 0 Å². The number of H-pyrrole nitrogens is 1. The van der Waals surface area contributed by atoms with Gasteiger partial charge in [0.2, 0.25) is 5.91 Å². The maximum Gasteiger partial charge on any atom is 0.222 e. The molecule has 1 N–H and O–H groups in total. The standard InChI is InChI=1S/C17H30N4O/c1-6-7-14-10-21(11-16(14)20(4)5)17(22)9-8-15-12(2)18-19-13(15)3/h14,16H,6-11H2,1-5H3,(H,18,19)/t14-,16-/m1/s1. The quantitative estimate of drug-likeness (QED) is 0.876. The molecular weight excluding hydrogens is 276 g/mol. The van der Waals surface area contributed by atoms with E-state index in [1.165, 1.54) is 18.4 Å². The number of likely N-dealkylation sites (tertiary alicyclic amines) is 1. The summed E-state index contributed by atoms with van der Waals surface area (Å²) in [5.41, 5.74) is 3.30. The zero-order chi connectivity index (χ0) is 16.3. The molecule has 0 saturated carbocycles. The number of aryl methyl sites for hydroxylation is 2. The number of nitrogens with one attached hydrogen (secondary N) is 1. The number of aromatic amines is 1. The molecule has 0 aliphatic carbocycles.